The topological polar surface area (TPSA) is 115 Å². The molecule has 0 unspecified atom stereocenters. The first-order valence-electron chi connectivity index (χ1n) is 9.11. The largest absolute Gasteiger partial charge is 0.573 e. The molecule has 11 heteroatoms. The average Bonchev–Trinajstić information content (AvgIpc) is 2.71. The average molecular weight is 451 g/mol. The van der Waals surface area contributed by atoms with Gasteiger partial charge in [0.1, 0.15) is 17.1 Å². The van der Waals surface area contributed by atoms with Crippen molar-refractivity contribution in [1.29, 1.82) is 0 Å². The second kappa shape index (κ2) is 8.61. The fraction of sp³-hybridized carbons (Fsp3) is 0.190. The number of nitrogens with zero attached hydrogens (tertiary/aromatic N) is 1. The number of benzene rings is 2. The lowest BCUT2D eigenvalue weighted by Crippen LogP contribution is -2.25. The first kappa shape index (κ1) is 22.7. The van der Waals surface area contributed by atoms with Gasteiger partial charge in [0.05, 0.1) is 11.9 Å². The Morgan fingerprint density at radius 3 is 2.34 bits per heavy atom. The zero-order valence-electron chi connectivity index (χ0n) is 16.5. The third-order valence-electron chi connectivity index (χ3n) is 4.49. The second-order valence-electron chi connectivity index (χ2n) is 6.68. The lowest BCUT2D eigenvalue weighted by Gasteiger charge is -2.15. The number of ether oxygens (including phenoxy) is 2. The van der Waals surface area contributed by atoms with E-state index in [0.29, 0.717) is 0 Å². The van der Waals surface area contributed by atoms with Crippen molar-refractivity contribution in [3.05, 3.63) is 58.4 Å². The van der Waals surface area contributed by atoms with Crippen molar-refractivity contribution in [2.75, 3.05) is 0 Å². The molecule has 0 saturated heterocycles. The van der Waals surface area contributed by atoms with Gasteiger partial charge in [-0.2, -0.15) is 0 Å². The zero-order valence-corrected chi connectivity index (χ0v) is 16.5. The number of ketones is 1. The van der Waals surface area contributed by atoms with Crippen LogP contribution in [0.5, 0.6) is 23.0 Å². The highest BCUT2D eigenvalue weighted by molar-refractivity contribution is 6.04. The van der Waals surface area contributed by atoms with E-state index in [9.17, 15) is 32.7 Å². The molecule has 0 amide bonds. The van der Waals surface area contributed by atoms with E-state index in [2.05, 4.69) is 4.74 Å². The Bertz CT molecular complexity index is 1260. The predicted molar refractivity (Wildman–Crippen MR) is 105 cm³/mol. The van der Waals surface area contributed by atoms with E-state index in [1.54, 1.807) is 0 Å². The fourth-order valence-electron chi connectivity index (χ4n) is 3.03. The van der Waals surface area contributed by atoms with Gasteiger partial charge in [-0.3, -0.25) is 14.4 Å². The van der Waals surface area contributed by atoms with Crippen molar-refractivity contribution in [2.24, 2.45) is 7.05 Å². The number of pyridine rings is 1. The number of Topliss-reactive ketones (excluding diaryl/α,β-unsaturated/α-hetero) is 1. The van der Waals surface area contributed by atoms with Gasteiger partial charge < -0.3 is 24.3 Å². The van der Waals surface area contributed by atoms with Gasteiger partial charge in [0.15, 0.2) is 17.3 Å². The van der Waals surface area contributed by atoms with Gasteiger partial charge in [0.2, 0.25) is 0 Å². The SMILES string of the molecule is Cn1c(=O)c(C(=O)CCC(=O)O)c(O)c2ccc(Oc3ccccc3OC(F)(F)F)cc21. The van der Waals surface area contributed by atoms with Gasteiger partial charge in [-0.25, -0.2) is 0 Å². The molecule has 32 heavy (non-hydrogen) atoms. The van der Waals surface area contributed by atoms with Crippen LogP contribution in [-0.2, 0) is 11.8 Å². The molecule has 0 fully saturated rings. The number of para-hydroxylation sites is 2. The number of fused-ring (bicyclic) bond motifs is 1. The van der Waals surface area contributed by atoms with Gasteiger partial charge in [-0.15, -0.1) is 13.2 Å². The molecule has 8 nitrogen and oxygen atoms in total. The number of rotatable bonds is 7. The molecule has 3 rings (SSSR count). The lowest BCUT2D eigenvalue weighted by atomic mass is 10.0. The van der Waals surface area contributed by atoms with E-state index in [0.717, 1.165) is 10.6 Å². The van der Waals surface area contributed by atoms with Gasteiger partial charge in [0.25, 0.3) is 5.56 Å². The van der Waals surface area contributed by atoms with Gasteiger partial charge in [-0.1, -0.05) is 12.1 Å². The van der Waals surface area contributed by atoms with Crippen molar-refractivity contribution >= 4 is 22.7 Å². The third kappa shape index (κ3) is 4.82. The summed E-state index contributed by atoms with van der Waals surface area (Å²) in [7, 11) is 1.32. The Kier molecular flexibility index (Phi) is 6.10. The standard InChI is InChI=1S/C21H16F3NO7/c1-25-13-10-11(31-15-4-2-3-5-16(15)32-21(22,23)24)6-7-12(13)19(29)18(20(25)30)14(26)8-9-17(27)28/h2-7,10,29H,8-9H2,1H3,(H,27,28). The smallest absolute Gasteiger partial charge is 0.506 e. The molecule has 0 atom stereocenters. The molecule has 0 spiro atoms. The Hall–Kier alpha value is -4.02. The number of carbonyl (C=O) groups excluding carboxylic acids is 1. The number of alkyl halides is 3. The number of aryl methyl sites for hydroxylation is 1. The van der Waals surface area contributed by atoms with E-state index < -0.39 is 53.6 Å². The van der Waals surface area contributed by atoms with Crippen molar-refractivity contribution in [3.8, 4) is 23.0 Å². The number of carbonyl (C=O) groups is 2. The maximum atomic E-state index is 12.6. The first-order chi connectivity index (χ1) is 15.0. The molecule has 0 saturated carbocycles. The highest BCUT2D eigenvalue weighted by atomic mass is 19.4. The van der Waals surface area contributed by atoms with Crippen molar-refractivity contribution in [1.82, 2.24) is 4.57 Å². The maximum absolute atomic E-state index is 12.6. The quantitative estimate of drug-likeness (QED) is 0.522. The number of hydrogen-bond donors (Lipinski definition) is 2. The monoisotopic (exact) mass is 451 g/mol. The van der Waals surface area contributed by atoms with Crippen LogP contribution in [0.2, 0.25) is 0 Å². The van der Waals surface area contributed by atoms with Crippen LogP contribution in [-0.4, -0.2) is 32.9 Å². The summed E-state index contributed by atoms with van der Waals surface area (Å²) in [6.45, 7) is 0. The van der Waals surface area contributed by atoms with E-state index >= 15 is 0 Å². The maximum Gasteiger partial charge on any atom is 0.573 e. The van der Waals surface area contributed by atoms with Crippen LogP contribution in [0.3, 0.4) is 0 Å². The number of aromatic nitrogens is 1. The number of aliphatic carboxylic acids is 1. The van der Waals surface area contributed by atoms with Crippen LogP contribution in [0.4, 0.5) is 13.2 Å². The summed E-state index contributed by atoms with van der Waals surface area (Å²) in [5.41, 5.74) is -1.27. The van der Waals surface area contributed by atoms with Crippen molar-refractivity contribution in [3.63, 3.8) is 0 Å². The molecule has 2 N–H and O–H groups in total. The van der Waals surface area contributed by atoms with Crippen LogP contribution < -0.4 is 15.0 Å². The number of carboxylic acid groups (broad SMARTS) is 1. The highest BCUT2D eigenvalue weighted by Crippen LogP contribution is 2.36. The molecule has 1 heterocycles. The molecule has 0 aliphatic rings. The molecule has 1 aromatic heterocycles. The fourth-order valence-corrected chi connectivity index (χ4v) is 3.03. The summed E-state index contributed by atoms with van der Waals surface area (Å²) in [6.07, 6.45) is -5.91. The third-order valence-corrected chi connectivity index (χ3v) is 4.49. The molecule has 3 aromatic rings. The summed E-state index contributed by atoms with van der Waals surface area (Å²) >= 11 is 0. The summed E-state index contributed by atoms with van der Waals surface area (Å²) in [6, 6.07) is 9.04. The van der Waals surface area contributed by atoms with E-state index in [-0.39, 0.29) is 22.4 Å². The molecule has 168 valence electrons. The van der Waals surface area contributed by atoms with Crippen LogP contribution >= 0.6 is 0 Å². The molecule has 0 radical (unpaired) electrons. The molecule has 0 aliphatic carbocycles. The molecule has 0 aliphatic heterocycles. The Balaban J connectivity index is 2.02. The number of aromatic hydroxyl groups is 1. The Morgan fingerprint density at radius 1 is 1.06 bits per heavy atom. The van der Waals surface area contributed by atoms with Crippen molar-refractivity contribution in [2.45, 2.75) is 19.2 Å². The van der Waals surface area contributed by atoms with Crippen molar-refractivity contribution < 1.29 is 42.4 Å². The predicted octanol–water partition coefficient (Wildman–Crippen LogP) is 3.98. The summed E-state index contributed by atoms with van der Waals surface area (Å²) in [5.74, 6) is -3.45. The van der Waals surface area contributed by atoms with E-state index in [1.165, 1.54) is 43.4 Å². The molecule has 2 aromatic carbocycles. The minimum absolute atomic E-state index is 0.0371. The van der Waals surface area contributed by atoms with Crippen LogP contribution in [0, 0.1) is 0 Å². The minimum atomic E-state index is -4.93. The summed E-state index contributed by atoms with van der Waals surface area (Å²) in [4.78, 5) is 35.6. The Labute approximate surface area is 178 Å². The second-order valence-corrected chi connectivity index (χ2v) is 6.68. The highest BCUT2D eigenvalue weighted by Gasteiger charge is 2.32. The van der Waals surface area contributed by atoms with Crippen LogP contribution in [0.25, 0.3) is 10.9 Å². The number of hydrogen-bond acceptors (Lipinski definition) is 6. The molecule has 0 bridgehead atoms. The molecular formula is C21H16F3NO7. The minimum Gasteiger partial charge on any atom is -0.506 e. The number of halogens is 3. The van der Waals surface area contributed by atoms with E-state index in [1.807, 2.05) is 0 Å². The van der Waals surface area contributed by atoms with Crippen LogP contribution in [0.1, 0.15) is 23.2 Å². The van der Waals surface area contributed by atoms with Crippen LogP contribution in [0.15, 0.2) is 47.3 Å². The van der Waals surface area contributed by atoms with E-state index in [4.69, 9.17) is 9.84 Å². The summed E-state index contributed by atoms with van der Waals surface area (Å²) in [5, 5.41) is 19.3. The first-order valence-corrected chi connectivity index (χ1v) is 9.11. The zero-order chi connectivity index (χ0) is 23.6. The number of carboxylic acids is 1. The normalized spacial score (nSPS) is 11.4. The summed E-state index contributed by atoms with van der Waals surface area (Å²) < 4.78 is 48.3. The molecular weight excluding hydrogens is 435 g/mol. The van der Waals surface area contributed by atoms with Gasteiger partial charge in [0, 0.05) is 24.9 Å². The Morgan fingerprint density at radius 2 is 1.72 bits per heavy atom. The van der Waals surface area contributed by atoms with Gasteiger partial charge >= 0.3 is 12.3 Å². The lowest BCUT2D eigenvalue weighted by molar-refractivity contribution is -0.275. The van der Waals surface area contributed by atoms with Gasteiger partial charge in [-0.05, 0) is 24.3 Å².